The molecule has 1 aliphatic heterocycles. The van der Waals surface area contributed by atoms with Crippen LogP contribution in [0.4, 0.5) is 5.69 Å². The smallest absolute Gasteiger partial charge is 0.247 e. The predicted molar refractivity (Wildman–Crippen MR) is 107 cm³/mol. The van der Waals surface area contributed by atoms with E-state index in [4.69, 9.17) is 0 Å². The summed E-state index contributed by atoms with van der Waals surface area (Å²) in [5, 5.41) is 2.91. The van der Waals surface area contributed by atoms with E-state index in [-0.39, 0.29) is 35.5 Å². The third-order valence-corrected chi connectivity index (χ3v) is 5.91. The van der Waals surface area contributed by atoms with Crippen LogP contribution in [0.5, 0.6) is 0 Å². The first-order valence-corrected chi connectivity index (χ1v) is 10.6. The summed E-state index contributed by atoms with van der Waals surface area (Å²) in [5.74, 6) is -1.15. The third kappa shape index (κ3) is 4.10. The summed E-state index contributed by atoms with van der Waals surface area (Å²) in [6.07, 6.45) is 7.51. The number of hydrogen-bond acceptors (Lipinski definition) is 4. The topological polar surface area (TPSA) is 66.5 Å². The number of nitrogens with one attached hydrogen (secondary N) is 1. The standard InChI is InChI=1S/C21H26N2O3S/c1-13(2)11-18(19(24)22-14-7-6-8-15(12-14)27-3)23-20(25)16-9-4-5-10-17(16)21(23)26/h4-8,12-13,16-18H,9-11H2,1-3H3,(H,22,24). The van der Waals surface area contributed by atoms with E-state index in [1.165, 1.54) is 4.90 Å². The first-order valence-electron chi connectivity index (χ1n) is 9.39. The lowest BCUT2D eigenvalue weighted by molar-refractivity contribution is -0.147. The second-order valence-corrected chi connectivity index (χ2v) is 8.45. The molecule has 1 aliphatic carbocycles. The first kappa shape index (κ1) is 19.7. The van der Waals surface area contributed by atoms with Crippen molar-refractivity contribution in [3.63, 3.8) is 0 Å². The molecule has 1 heterocycles. The second kappa shape index (κ2) is 8.30. The van der Waals surface area contributed by atoms with Crippen LogP contribution in [0.25, 0.3) is 0 Å². The molecule has 3 atom stereocenters. The molecule has 3 unspecified atom stereocenters. The number of amides is 3. The largest absolute Gasteiger partial charge is 0.324 e. The van der Waals surface area contributed by atoms with Gasteiger partial charge < -0.3 is 5.32 Å². The summed E-state index contributed by atoms with van der Waals surface area (Å²) in [5.41, 5.74) is 0.679. The number of carbonyl (C=O) groups excluding carboxylic acids is 3. The molecule has 0 aromatic heterocycles. The van der Waals surface area contributed by atoms with Crippen LogP contribution in [0.2, 0.25) is 0 Å². The van der Waals surface area contributed by atoms with Crippen LogP contribution in [0.1, 0.15) is 33.1 Å². The van der Waals surface area contributed by atoms with Crippen LogP contribution >= 0.6 is 11.8 Å². The molecule has 5 nitrogen and oxygen atoms in total. The zero-order valence-electron chi connectivity index (χ0n) is 16.0. The van der Waals surface area contributed by atoms with Gasteiger partial charge in [0.2, 0.25) is 17.7 Å². The van der Waals surface area contributed by atoms with E-state index in [0.717, 1.165) is 4.90 Å². The zero-order valence-corrected chi connectivity index (χ0v) is 16.8. The van der Waals surface area contributed by atoms with Crippen molar-refractivity contribution in [2.45, 2.75) is 44.0 Å². The highest BCUT2D eigenvalue weighted by Gasteiger charge is 2.51. The Morgan fingerprint density at radius 1 is 1.19 bits per heavy atom. The number of benzene rings is 1. The van der Waals surface area contributed by atoms with Gasteiger partial charge >= 0.3 is 0 Å². The van der Waals surface area contributed by atoms with Crippen molar-refractivity contribution in [3.8, 4) is 0 Å². The number of likely N-dealkylation sites (tertiary alicyclic amines) is 1. The highest BCUT2D eigenvalue weighted by Crippen LogP contribution is 2.37. The normalized spacial score (nSPS) is 22.9. The molecule has 1 aromatic rings. The minimum atomic E-state index is -0.770. The molecule has 0 saturated carbocycles. The zero-order chi connectivity index (χ0) is 19.6. The Labute approximate surface area is 164 Å². The second-order valence-electron chi connectivity index (χ2n) is 7.57. The average molecular weight is 387 g/mol. The number of rotatable bonds is 6. The molecule has 1 saturated heterocycles. The minimum Gasteiger partial charge on any atom is -0.324 e. The van der Waals surface area contributed by atoms with Gasteiger partial charge in [0.1, 0.15) is 6.04 Å². The molecule has 3 amide bonds. The maximum absolute atomic E-state index is 13.1. The van der Waals surface area contributed by atoms with Crippen molar-refractivity contribution < 1.29 is 14.4 Å². The minimum absolute atomic E-state index is 0.180. The van der Waals surface area contributed by atoms with E-state index in [2.05, 4.69) is 5.32 Å². The Morgan fingerprint density at radius 2 is 1.81 bits per heavy atom. The van der Waals surface area contributed by atoms with Gasteiger partial charge in [-0.25, -0.2) is 0 Å². The maximum atomic E-state index is 13.1. The van der Waals surface area contributed by atoms with Crippen molar-refractivity contribution in [2.75, 3.05) is 11.6 Å². The summed E-state index contributed by atoms with van der Waals surface area (Å²) in [4.78, 5) is 41.2. The molecule has 1 aromatic carbocycles. The van der Waals surface area contributed by atoms with E-state index in [1.54, 1.807) is 11.8 Å². The van der Waals surface area contributed by atoms with E-state index in [0.29, 0.717) is 24.9 Å². The fourth-order valence-electron chi connectivity index (χ4n) is 3.84. The van der Waals surface area contributed by atoms with Crippen molar-refractivity contribution >= 4 is 35.2 Å². The molecule has 3 rings (SSSR count). The molecule has 0 bridgehead atoms. The SMILES string of the molecule is CSc1cccc(NC(=O)C(CC(C)C)N2C(=O)C3CC=CCC3C2=O)c1. The van der Waals surface area contributed by atoms with Crippen LogP contribution in [0.3, 0.4) is 0 Å². The summed E-state index contributed by atoms with van der Waals surface area (Å²) >= 11 is 1.59. The number of nitrogens with zero attached hydrogens (tertiary/aromatic N) is 1. The summed E-state index contributed by atoms with van der Waals surface area (Å²) < 4.78 is 0. The lowest BCUT2D eigenvalue weighted by Crippen LogP contribution is -2.48. The monoisotopic (exact) mass is 386 g/mol. The molecular formula is C21H26N2O3S. The van der Waals surface area contributed by atoms with Gasteiger partial charge in [-0.15, -0.1) is 11.8 Å². The summed E-state index contributed by atoms with van der Waals surface area (Å²) in [6.45, 7) is 3.99. The first-order chi connectivity index (χ1) is 12.9. The Bertz CT molecular complexity index is 748. The van der Waals surface area contributed by atoms with Crippen molar-refractivity contribution in [3.05, 3.63) is 36.4 Å². The lowest BCUT2D eigenvalue weighted by atomic mass is 9.85. The molecule has 1 fully saturated rings. The summed E-state index contributed by atoms with van der Waals surface area (Å²) in [7, 11) is 0. The van der Waals surface area contributed by atoms with Gasteiger partial charge in [-0.3, -0.25) is 19.3 Å². The van der Waals surface area contributed by atoms with E-state index in [1.807, 2.05) is 56.5 Å². The van der Waals surface area contributed by atoms with Crippen LogP contribution in [0, 0.1) is 17.8 Å². The Balaban J connectivity index is 1.84. The number of fused-ring (bicyclic) bond motifs is 1. The molecule has 27 heavy (non-hydrogen) atoms. The van der Waals surface area contributed by atoms with Gasteiger partial charge in [-0.2, -0.15) is 0 Å². The number of allylic oxidation sites excluding steroid dienone is 2. The van der Waals surface area contributed by atoms with Gasteiger partial charge in [0.05, 0.1) is 11.8 Å². The quantitative estimate of drug-likeness (QED) is 0.460. The lowest BCUT2D eigenvalue weighted by Gasteiger charge is -2.27. The molecule has 6 heteroatoms. The van der Waals surface area contributed by atoms with Crippen LogP contribution in [-0.2, 0) is 14.4 Å². The number of anilines is 1. The number of hydrogen-bond donors (Lipinski definition) is 1. The van der Waals surface area contributed by atoms with Gasteiger partial charge in [-0.1, -0.05) is 32.1 Å². The molecule has 2 aliphatic rings. The maximum Gasteiger partial charge on any atom is 0.247 e. The van der Waals surface area contributed by atoms with Gasteiger partial charge in [0.25, 0.3) is 0 Å². The van der Waals surface area contributed by atoms with Crippen LogP contribution < -0.4 is 5.32 Å². The molecule has 0 spiro atoms. The molecule has 1 N–H and O–H groups in total. The number of carbonyl (C=O) groups is 3. The molecular weight excluding hydrogens is 360 g/mol. The van der Waals surface area contributed by atoms with Gasteiger partial charge in [0.15, 0.2) is 0 Å². The van der Waals surface area contributed by atoms with E-state index >= 15 is 0 Å². The average Bonchev–Trinajstić information content (AvgIpc) is 2.91. The van der Waals surface area contributed by atoms with E-state index < -0.39 is 6.04 Å². The Hall–Kier alpha value is -2.08. The third-order valence-electron chi connectivity index (χ3n) is 5.19. The molecule has 144 valence electrons. The highest BCUT2D eigenvalue weighted by molar-refractivity contribution is 7.98. The van der Waals surface area contributed by atoms with Crippen molar-refractivity contribution in [1.82, 2.24) is 4.90 Å². The number of thioether (sulfide) groups is 1. The Kier molecular flexibility index (Phi) is 6.05. The fourth-order valence-corrected chi connectivity index (χ4v) is 4.30. The number of imide groups is 1. The van der Waals surface area contributed by atoms with Crippen LogP contribution in [-0.4, -0.2) is 34.9 Å². The Morgan fingerprint density at radius 3 is 2.37 bits per heavy atom. The van der Waals surface area contributed by atoms with Gasteiger partial charge in [-0.05, 0) is 49.6 Å². The molecule has 0 radical (unpaired) electrons. The highest BCUT2D eigenvalue weighted by atomic mass is 32.2. The fraction of sp³-hybridized carbons (Fsp3) is 0.476. The van der Waals surface area contributed by atoms with Crippen molar-refractivity contribution in [2.24, 2.45) is 17.8 Å². The summed E-state index contributed by atoms with van der Waals surface area (Å²) in [6, 6.07) is 6.80. The van der Waals surface area contributed by atoms with Crippen molar-refractivity contribution in [1.29, 1.82) is 0 Å². The van der Waals surface area contributed by atoms with E-state index in [9.17, 15) is 14.4 Å². The predicted octanol–water partition coefficient (Wildman–Crippen LogP) is 3.71. The van der Waals surface area contributed by atoms with Gasteiger partial charge in [0, 0.05) is 10.6 Å². The van der Waals surface area contributed by atoms with Crippen LogP contribution in [0.15, 0.2) is 41.3 Å².